The van der Waals surface area contributed by atoms with Gasteiger partial charge in [0.15, 0.2) is 0 Å². The molecular formula is C28H22O6S. The van der Waals surface area contributed by atoms with Crippen molar-refractivity contribution in [2.45, 2.75) is 23.9 Å². The van der Waals surface area contributed by atoms with Crippen LogP contribution in [0.5, 0.6) is 17.2 Å². The van der Waals surface area contributed by atoms with E-state index in [1.165, 1.54) is 0 Å². The van der Waals surface area contributed by atoms with Crippen LogP contribution in [0.1, 0.15) is 17.5 Å². The summed E-state index contributed by atoms with van der Waals surface area (Å²) < 4.78 is 39.1. The highest BCUT2D eigenvalue weighted by Crippen LogP contribution is 2.51. The summed E-state index contributed by atoms with van der Waals surface area (Å²) in [7, 11) is -4.05. The number of benzene rings is 4. The van der Waals surface area contributed by atoms with Crippen LogP contribution >= 0.6 is 0 Å². The first-order valence-electron chi connectivity index (χ1n) is 11.3. The van der Waals surface area contributed by atoms with Crippen molar-refractivity contribution in [3.8, 4) is 17.2 Å². The Morgan fingerprint density at radius 3 is 2.03 bits per heavy atom. The molecule has 2 aliphatic rings. The van der Waals surface area contributed by atoms with Gasteiger partial charge in [-0.25, -0.2) is 0 Å². The van der Waals surface area contributed by atoms with Crippen LogP contribution in [-0.4, -0.2) is 36.1 Å². The second-order valence-electron chi connectivity index (χ2n) is 8.79. The van der Waals surface area contributed by atoms with Crippen molar-refractivity contribution in [1.82, 2.24) is 0 Å². The minimum Gasteiger partial charge on any atom is -0.508 e. The highest BCUT2D eigenvalue weighted by molar-refractivity contribution is 7.87. The van der Waals surface area contributed by atoms with Gasteiger partial charge >= 0.3 is 10.1 Å². The van der Waals surface area contributed by atoms with Crippen LogP contribution in [0.25, 0.3) is 21.9 Å². The van der Waals surface area contributed by atoms with E-state index >= 15 is 0 Å². The minimum atomic E-state index is -4.05. The fourth-order valence-electron chi connectivity index (χ4n) is 5.09. The maximum absolute atomic E-state index is 13.6. The molecule has 2 bridgehead atoms. The smallest absolute Gasteiger partial charge is 0.315 e. The Balaban J connectivity index is 1.42. The topological polar surface area (TPSA) is 93.1 Å². The van der Waals surface area contributed by atoms with E-state index in [0.717, 1.165) is 33.0 Å². The van der Waals surface area contributed by atoms with Gasteiger partial charge in [-0.05, 0) is 58.0 Å². The number of phenolic OH excluding ortho intramolecular Hbond substituents is 2. The van der Waals surface area contributed by atoms with E-state index in [9.17, 15) is 18.6 Å². The second-order valence-corrected chi connectivity index (χ2v) is 10.6. The van der Waals surface area contributed by atoms with Crippen LogP contribution < -0.4 is 4.18 Å². The van der Waals surface area contributed by atoms with Crippen molar-refractivity contribution in [3.63, 3.8) is 0 Å². The lowest BCUT2D eigenvalue weighted by Gasteiger charge is -2.25. The van der Waals surface area contributed by atoms with Crippen LogP contribution in [0.15, 0.2) is 91.0 Å². The highest BCUT2D eigenvalue weighted by atomic mass is 32.2. The number of rotatable bonds is 5. The lowest BCUT2D eigenvalue weighted by atomic mass is 9.83. The van der Waals surface area contributed by atoms with Gasteiger partial charge in [0.1, 0.15) is 28.6 Å². The maximum Gasteiger partial charge on any atom is 0.315 e. The molecule has 2 aliphatic heterocycles. The molecule has 176 valence electrons. The third kappa shape index (κ3) is 3.73. The fraction of sp³-hybridized carbons (Fsp3) is 0.143. The first kappa shape index (κ1) is 21.7. The number of phenols is 2. The minimum absolute atomic E-state index is 0.119. The zero-order valence-electron chi connectivity index (χ0n) is 18.5. The summed E-state index contributed by atoms with van der Waals surface area (Å²) in [6.07, 6.45) is -0.909. The Kier molecular flexibility index (Phi) is 5.05. The van der Waals surface area contributed by atoms with Gasteiger partial charge in [-0.1, -0.05) is 60.7 Å². The third-order valence-electron chi connectivity index (χ3n) is 6.67. The molecule has 4 aromatic rings. The number of aromatic hydroxyl groups is 2. The SMILES string of the molecule is O=S(=O)(Oc1cccc2ccccc12)[C@@H]1C[C@@H]2O[C@H]1C(c1ccc(O)cc1)=C2c1ccc(O)cc1. The maximum atomic E-state index is 13.6. The first-order valence-corrected chi connectivity index (χ1v) is 12.8. The largest absolute Gasteiger partial charge is 0.508 e. The van der Waals surface area contributed by atoms with Gasteiger partial charge in [-0.15, -0.1) is 0 Å². The Hall–Kier alpha value is -3.81. The molecule has 35 heavy (non-hydrogen) atoms. The first-order chi connectivity index (χ1) is 16.9. The van der Waals surface area contributed by atoms with E-state index in [0.29, 0.717) is 5.75 Å². The van der Waals surface area contributed by atoms with E-state index in [1.807, 2.05) is 30.3 Å². The Bertz CT molecular complexity index is 1550. The summed E-state index contributed by atoms with van der Waals surface area (Å²) in [5.41, 5.74) is 3.26. The van der Waals surface area contributed by atoms with Crippen molar-refractivity contribution in [2.24, 2.45) is 0 Å². The normalized spacial score (nSPS) is 21.5. The van der Waals surface area contributed by atoms with Crippen molar-refractivity contribution in [2.75, 3.05) is 0 Å². The second kappa shape index (κ2) is 8.15. The molecule has 0 unspecified atom stereocenters. The molecule has 2 heterocycles. The van der Waals surface area contributed by atoms with Crippen LogP contribution in [-0.2, 0) is 14.9 Å². The van der Waals surface area contributed by atoms with Gasteiger partial charge in [0.2, 0.25) is 0 Å². The summed E-state index contributed by atoms with van der Waals surface area (Å²) in [5, 5.41) is 20.2. The molecular weight excluding hydrogens is 464 g/mol. The van der Waals surface area contributed by atoms with Crippen LogP contribution in [0.3, 0.4) is 0 Å². The summed E-state index contributed by atoms with van der Waals surface area (Å²) in [4.78, 5) is 0. The zero-order valence-corrected chi connectivity index (χ0v) is 19.4. The van der Waals surface area contributed by atoms with Gasteiger partial charge in [0.05, 0.1) is 6.10 Å². The lowest BCUT2D eigenvalue weighted by molar-refractivity contribution is 0.128. The van der Waals surface area contributed by atoms with Crippen molar-refractivity contribution < 1.29 is 27.6 Å². The molecule has 0 amide bonds. The molecule has 6 nitrogen and oxygen atoms in total. The Morgan fingerprint density at radius 1 is 0.743 bits per heavy atom. The monoisotopic (exact) mass is 486 g/mol. The van der Waals surface area contributed by atoms with E-state index in [-0.39, 0.29) is 17.9 Å². The third-order valence-corrected chi connectivity index (χ3v) is 8.27. The molecule has 4 aromatic carbocycles. The van der Waals surface area contributed by atoms with E-state index < -0.39 is 27.6 Å². The van der Waals surface area contributed by atoms with Gasteiger partial charge in [-0.2, -0.15) is 8.42 Å². The van der Waals surface area contributed by atoms with Crippen LogP contribution in [0.4, 0.5) is 0 Å². The predicted molar refractivity (Wildman–Crippen MR) is 134 cm³/mol. The van der Waals surface area contributed by atoms with Crippen molar-refractivity contribution in [3.05, 3.63) is 102 Å². The average molecular weight is 487 g/mol. The molecule has 7 heteroatoms. The molecule has 0 aliphatic carbocycles. The molecule has 6 rings (SSSR count). The standard InChI is InChI=1S/C28H22O6S/c29-20-12-8-18(9-13-20)26-24-16-25(28(33-24)27(26)19-10-14-21(30)15-11-19)35(31,32)34-23-7-3-5-17-4-1-2-6-22(17)23/h1-15,24-25,28-30H,16H2/t24-,25+,28+/m0/s1. The van der Waals surface area contributed by atoms with Crippen LogP contribution in [0, 0.1) is 0 Å². The highest BCUT2D eigenvalue weighted by Gasteiger charge is 2.53. The summed E-state index contributed by atoms with van der Waals surface area (Å²) in [6, 6.07) is 26.3. The Labute approximate surface area is 202 Å². The van der Waals surface area contributed by atoms with Crippen molar-refractivity contribution >= 4 is 32.0 Å². The number of ether oxygens (including phenoxy) is 1. The molecule has 1 saturated heterocycles. The van der Waals surface area contributed by atoms with Crippen LogP contribution in [0.2, 0.25) is 0 Å². The predicted octanol–water partition coefficient (Wildman–Crippen LogP) is 5.11. The molecule has 0 spiro atoms. The summed E-state index contributed by atoms with van der Waals surface area (Å²) in [5.74, 6) is 0.557. The molecule has 2 N–H and O–H groups in total. The van der Waals surface area contributed by atoms with E-state index in [2.05, 4.69) is 0 Å². The zero-order chi connectivity index (χ0) is 24.2. The number of hydrogen-bond donors (Lipinski definition) is 2. The molecule has 3 atom stereocenters. The van der Waals surface area contributed by atoms with Gasteiger partial charge in [-0.3, -0.25) is 0 Å². The van der Waals surface area contributed by atoms with Gasteiger partial charge in [0.25, 0.3) is 0 Å². The average Bonchev–Trinajstić information content (AvgIpc) is 3.45. The fourth-order valence-corrected chi connectivity index (χ4v) is 6.52. The van der Waals surface area contributed by atoms with Crippen molar-refractivity contribution in [1.29, 1.82) is 0 Å². The molecule has 0 aromatic heterocycles. The Morgan fingerprint density at radius 2 is 1.34 bits per heavy atom. The van der Waals surface area contributed by atoms with Gasteiger partial charge in [0, 0.05) is 11.8 Å². The lowest BCUT2D eigenvalue weighted by Crippen LogP contribution is -2.35. The molecule has 0 radical (unpaired) electrons. The summed E-state index contributed by atoms with van der Waals surface area (Å²) >= 11 is 0. The van der Waals surface area contributed by atoms with Gasteiger partial charge < -0.3 is 19.1 Å². The molecule has 0 saturated carbocycles. The quantitative estimate of drug-likeness (QED) is 0.381. The number of fused-ring (bicyclic) bond motifs is 3. The molecule has 1 fully saturated rings. The van der Waals surface area contributed by atoms with E-state index in [1.54, 1.807) is 60.7 Å². The summed E-state index contributed by atoms with van der Waals surface area (Å²) in [6.45, 7) is 0. The van der Waals surface area contributed by atoms with E-state index in [4.69, 9.17) is 8.92 Å². The number of hydrogen-bond acceptors (Lipinski definition) is 6.